The van der Waals surface area contributed by atoms with Gasteiger partial charge in [0.15, 0.2) is 0 Å². The zero-order valence-corrected chi connectivity index (χ0v) is 93.6. The number of rotatable bonds is 58. The zero-order valence-electron chi connectivity index (χ0n) is 93.6. The number of para-hydroxylation sites is 2. The Morgan fingerprint density at radius 1 is 0.201 bits per heavy atom. The average Bonchev–Trinajstić information content (AvgIpc) is 1.52. The van der Waals surface area contributed by atoms with Crippen molar-refractivity contribution in [1.82, 2.24) is 0 Å². The Labute approximate surface area is 898 Å². The molecule has 13 aromatic carbocycles. The van der Waals surface area contributed by atoms with E-state index < -0.39 is 0 Å². The number of hydrogen-bond donors (Lipinski definition) is 0. The molecule has 3 heteroatoms. The highest BCUT2D eigenvalue weighted by atomic mass is 16.3. The predicted molar refractivity (Wildman–Crippen MR) is 645 cm³/mol. The first kappa shape index (κ1) is 105. The van der Waals surface area contributed by atoms with Crippen LogP contribution >= 0.6 is 0 Å². The summed E-state index contributed by atoms with van der Waals surface area (Å²) in [5, 5.41) is 5.07. The van der Waals surface area contributed by atoms with Gasteiger partial charge < -0.3 is 13.7 Å². The molecule has 0 aliphatic heterocycles. The van der Waals surface area contributed by atoms with Gasteiger partial charge in [0.2, 0.25) is 0 Å². The van der Waals surface area contributed by atoms with Gasteiger partial charge in [-0.1, -0.05) is 509 Å². The van der Waals surface area contributed by atoms with E-state index in [0.717, 1.165) is 48.0 Å². The summed E-state index contributed by atoms with van der Waals surface area (Å²) < 4.78 is 14.6. The van der Waals surface area contributed by atoms with E-state index in [4.69, 9.17) is 8.83 Å². The van der Waals surface area contributed by atoms with Crippen molar-refractivity contribution >= 4 is 60.9 Å². The molecular weight excluding hydrogens is 1800 g/mol. The van der Waals surface area contributed by atoms with Crippen molar-refractivity contribution < 1.29 is 8.83 Å². The summed E-state index contributed by atoms with van der Waals surface area (Å²) in [5.41, 5.74) is 45.5. The summed E-state index contributed by atoms with van der Waals surface area (Å²) in [6, 6.07) is 99.0. The summed E-state index contributed by atoms with van der Waals surface area (Å²) in [4.78, 5) is 2.74. The Balaban J connectivity index is 0.703. The van der Waals surface area contributed by atoms with E-state index in [-0.39, 0.29) is 27.1 Å². The van der Waals surface area contributed by atoms with E-state index >= 15 is 0 Å². The third kappa shape index (κ3) is 20.7. The van der Waals surface area contributed by atoms with Crippen molar-refractivity contribution in [3.63, 3.8) is 0 Å². The maximum Gasteiger partial charge on any atom is 0.143 e. The normalized spacial score (nSPS) is 14.6. The number of furan rings is 2. The molecule has 15 aromatic rings. The van der Waals surface area contributed by atoms with Crippen LogP contribution in [0.2, 0.25) is 0 Å². The maximum atomic E-state index is 7.53. The Hall–Kier alpha value is -10.7. The Kier molecular flexibility index (Phi) is 34.0. The van der Waals surface area contributed by atoms with Crippen molar-refractivity contribution in [3.05, 3.63) is 304 Å². The quantitative estimate of drug-likeness (QED) is 0.0356. The molecule has 778 valence electrons. The standard InChI is InChI=1S/C146H177NO2/c1-12-20-28-36-44-58-90-144(91-59-45-37-29-21-13-2)125-86-87-136-139(119-63-49-52-66-134(119)148-136)138(125)123-103-131-122(102-132(123)144)117-84-79-111(99-129(117)145(131,92-60-46-38-30-22-14-3)93-61-47-39-31-23-15-4)147(110-77-68-104(9)69-78-110)112-80-85-118-130(100-112)146(94-56-42-34-26-18-7,95-57-43-35-27-19-8)133-101-121(141-140(137(118)133)120-64-50-53-67-135(120)149-141)106-72-70-105(71-73-106)107-74-81-114-115-82-75-108(97-127(115)142(10,11)126(114)96-107)109-76-83-116-113-62-48-51-65-124(113)143(128(116)98-109,88-54-40-32-24-16-5)89-55-41-33-25-17-6/h48-53,62-87,96-103H,12-47,54-61,88-95H2,1-11H3. The van der Waals surface area contributed by atoms with E-state index in [2.05, 4.69) is 324 Å². The van der Waals surface area contributed by atoms with Crippen LogP contribution in [-0.4, -0.2) is 0 Å². The highest BCUT2D eigenvalue weighted by molar-refractivity contribution is 6.19. The molecular formula is C146H177NO2. The van der Waals surface area contributed by atoms with Crippen LogP contribution < -0.4 is 4.90 Å². The highest BCUT2D eigenvalue weighted by Crippen LogP contribution is 2.66. The topological polar surface area (TPSA) is 29.5 Å². The summed E-state index contributed by atoms with van der Waals surface area (Å²) in [6.07, 6.45) is 65.5. The van der Waals surface area contributed by atoms with Gasteiger partial charge >= 0.3 is 0 Å². The molecule has 0 N–H and O–H groups in total. The molecule has 5 aliphatic rings. The summed E-state index contributed by atoms with van der Waals surface area (Å²) in [6.45, 7) is 26.2. The lowest BCUT2D eigenvalue weighted by molar-refractivity contribution is 0.394. The van der Waals surface area contributed by atoms with E-state index in [9.17, 15) is 0 Å². The Bertz CT molecular complexity index is 7030. The molecule has 0 atom stereocenters. The van der Waals surface area contributed by atoms with Gasteiger partial charge in [-0.05, 0) is 288 Å². The van der Waals surface area contributed by atoms with E-state index in [1.165, 1.54) is 464 Å². The van der Waals surface area contributed by atoms with Gasteiger partial charge in [-0.2, -0.15) is 0 Å². The zero-order chi connectivity index (χ0) is 102. The third-order valence-corrected chi connectivity index (χ3v) is 37.5. The fraction of sp³-hybridized carbons (Fsp3) is 0.466. The number of unbranched alkanes of at least 4 members (excludes halogenated alkanes) is 36. The lowest BCUT2D eigenvalue weighted by Gasteiger charge is -2.36. The second-order valence-corrected chi connectivity index (χ2v) is 47.8. The van der Waals surface area contributed by atoms with E-state index in [1.54, 1.807) is 33.4 Å². The molecule has 0 amide bonds. The molecule has 5 aliphatic carbocycles. The third-order valence-electron chi connectivity index (χ3n) is 37.5. The van der Waals surface area contributed by atoms with Gasteiger partial charge in [0.05, 0.1) is 0 Å². The van der Waals surface area contributed by atoms with Crippen LogP contribution in [0.4, 0.5) is 17.1 Å². The predicted octanol–water partition coefficient (Wildman–Crippen LogP) is 46.1. The molecule has 0 saturated carbocycles. The number of benzene rings is 13. The molecule has 149 heavy (non-hydrogen) atoms. The molecule has 3 nitrogen and oxygen atoms in total. The maximum absolute atomic E-state index is 7.53. The first-order chi connectivity index (χ1) is 73.2. The largest absolute Gasteiger partial charge is 0.456 e. The van der Waals surface area contributed by atoms with Crippen molar-refractivity contribution in [2.24, 2.45) is 0 Å². The van der Waals surface area contributed by atoms with Crippen LogP contribution in [0.25, 0.3) is 133 Å². The molecule has 20 rings (SSSR count). The highest BCUT2D eigenvalue weighted by Gasteiger charge is 2.52. The molecule has 0 radical (unpaired) electrons. The molecule has 2 heterocycles. The fourth-order valence-corrected chi connectivity index (χ4v) is 29.4. The van der Waals surface area contributed by atoms with Crippen LogP contribution in [0, 0.1) is 6.92 Å². The first-order valence-corrected chi connectivity index (χ1v) is 61.2. The van der Waals surface area contributed by atoms with Gasteiger partial charge in [-0.3, -0.25) is 0 Å². The number of hydrogen-bond acceptors (Lipinski definition) is 3. The van der Waals surface area contributed by atoms with E-state index in [1.807, 2.05) is 0 Å². The second-order valence-electron chi connectivity index (χ2n) is 47.8. The molecule has 0 bridgehead atoms. The van der Waals surface area contributed by atoms with Crippen LogP contribution in [0.3, 0.4) is 0 Å². The fourth-order valence-electron chi connectivity index (χ4n) is 29.4. The average molecular weight is 1980 g/mol. The Morgan fingerprint density at radius 3 is 1.01 bits per heavy atom. The lowest BCUT2D eigenvalue weighted by Crippen LogP contribution is -2.27. The van der Waals surface area contributed by atoms with Gasteiger partial charge in [-0.15, -0.1) is 0 Å². The number of aryl methyl sites for hydroxylation is 1. The smallest absolute Gasteiger partial charge is 0.143 e. The lowest BCUT2D eigenvalue weighted by atomic mass is 9.68. The van der Waals surface area contributed by atoms with Crippen molar-refractivity contribution in [3.8, 4) is 89.0 Å². The van der Waals surface area contributed by atoms with Gasteiger partial charge in [0.1, 0.15) is 22.3 Å². The van der Waals surface area contributed by atoms with Gasteiger partial charge in [0, 0.05) is 71.2 Å². The molecule has 0 spiro atoms. The second kappa shape index (κ2) is 48.1. The monoisotopic (exact) mass is 1980 g/mol. The molecule has 2 aromatic heterocycles. The van der Waals surface area contributed by atoms with Crippen molar-refractivity contribution in [2.45, 2.75) is 437 Å². The van der Waals surface area contributed by atoms with Crippen molar-refractivity contribution in [1.29, 1.82) is 0 Å². The van der Waals surface area contributed by atoms with Crippen LogP contribution in [-0.2, 0) is 27.1 Å². The first-order valence-electron chi connectivity index (χ1n) is 61.2. The SMILES string of the molecule is CCCCCCCCC1(CCCCCCCC)c2cc(N(c3ccc(C)cc3)c3ccc4c(c3)C(CCCCCCC)(CCCCCCC)c3cc(-c5ccc(-c6ccc7c(c6)C(C)(C)c6cc(-c8ccc9c(c8)C(CCCCCCC)(CCCCCCC)c8ccccc8-9)ccc6-7)cc5)c5oc6ccccc6c5c3-4)ccc2-c2cc3c(cc21)-c1c(ccc2oc4ccccc4c12)C3(CCCCCCCC)CCCCCCCC. The summed E-state index contributed by atoms with van der Waals surface area (Å²) in [7, 11) is 0. The number of anilines is 3. The molecule has 0 unspecified atom stereocenters. The molecule has 0 fully saturated rings. The minimum atomic E-state index is -0.287. The number of nitrogens with zero attached hydrogens (tertiary/aromatic N) is 1. The Morgan fingerprint density at radius 2 is 0.517 bits per heavy atom. The van der Waals surface area contributed by atoms with Crippen LogP contribution in [0.15, 0.2) is 251 Å². The number of fused-ring (bicyclic) bond motifs is 23. The minimum absolute atomic E-state index is 0.0367. The van der Waals surface area contributed by atoms with E-state index in [0.29, 0.717) is 0 Å². The van der Waals surface area contributed by atoms with Gasteiger partial charge in [0.25, 0.3) is 0 Å². The van der Waals surface area contributed by atoms with Crippen LogP contribution in [0.1, 0.15) is 464 Å². The van der Waals surface area contributed by atoms with Crippen LogP contribution in [0.5, 0.6) is 0 Å². The summed E-state index contributed by atoms with van der Waals surface area (Å²) in [5.74, 6) is 0. The minimum Gasteiger partial charge on any atom is -0.456 e. The van der Waals surface area contributed by atoms with Crippen molar-refractivity contribution in [2.75, 3.05) is 4.90 Å². The summed E-state index contributed by atoms with van der Waals surface area (Å²) >= 11 is 0. The molecule has 0 saturated heterocycles. The van der Waals surface area contributed by atoms with Gasteiger partial charge in [-0.25, -0.2) is 0 Å².